The van der Waals surface area contributed by atoms with Gasteiger partial charge in [0.25, 0.3) is 11.8 Å². The Morgan fingerprint density at radius 2 is 1.70 bits per heavy atom. The molecule has 2 aromatic carbocycles. The van der Waals surface area contributed by atoms with Crippen molar-refractivity contribution in [3.8, 4) is 0 Å². The van der Waals surface area contributed by atoms with E-state index in [1.54, 1.807) is 35.6 Å². The van der Waals surface area contributed by atoms with Gasteiger partial charge in [0, 0.05) is 43.7 Å². The van der Waals surface area contributed by atoms with E-state index in [2.05, 4.69) is 20.6 Å². The molecule has 0 spiro atoms. The summed E-state index contributed by atoms with van der Waals surface area (Å²) in [5.41, 5.74) is 2.71. The van der Waals surface area contributed by atoms with Crippen LogP contribution in [0.3, 0.4) is 0 Å². The monoisotopic (exact) mass is 420 g/mol. The van der Waals surface area contributed by atoms with E-state index in [4.69, 9.17) is 0 Å². The van der Waals surface area contributed by atoms with Crippen LogP contribution in [0.1, 0.15) is 31.4 Å². The van der Waals surface area contributed by atoms with E-state index < -0.39 is 0 Å². The van der Waals surface area contributed by atoms with Gasteiger partial charge < -0.3 is 10.2 Å². The molecule has 1 aliphatic rings. The third-order valence-corrected chi connectivity index (χ3v) is 5.98. The number of hydrogen-bond donors (Lipinski definition) is 1. The summed E-state index contributed by atoms with van der Waals surface area (Å²) in [5.74, 6) is -0.276. The van der Waals surface area contributed by atoms with E-state index in [0.717, 1.165) is 30.3 Å². The fourth-order valence-electron chi connectivity index (χ4n) is 3.55. The summed E-state index contributed by atoms with van der Waals surface area (Å²) in [4.78, 5) is 34.4. The number of aryl methyl sites for hydroxylation is 1. The Balaban J connectivity index is 1.40. The summed E-state index contributed by atoms with van der Waals surface area (Å²) in [6.07, 6.45) is 0. The van der Waals surface area contributed by atoms with Gasteiger partial charge in [-0.15, -0.1) is 11.3 Å². The standard InChI is InChI=1S/C23H24N4O2S/c1-17-24-19(16-30-17)15-26-11-13-27(14-12-26)23(29)20-9-5-6-10-21(20)25-22(28)18-7-3-2-4-8-18/h2-10,16H,11-15H2,1H3,(H,25,28). The van der Waals surface area contributed by atoms with E-state index in [0.29, 0.717) is 29.9 Å². The summed E-state index contributed by atoms with van der Waals surface area (Å²) in [6.45, 7) is 5.75. The molecule has 0 unspecified atom stereocenters. The number of nitrogens with zero attached hydrogens (tertiary/aromatic N) is 3. The van der Waals surface area contributed by atoms with Crippen molar-refractivity contribution in [1.82, 2.24) is 14.8 Å². The fourth-order valence-corrected chi connectivity index (χ4v) is 4.16. The number of hydrogen-bond acceptors (Lipinski definition) is 5. The van der Waals surface area contributed by atoms with E-state index in [9.17, 15) is 9.59 Å². The Labute approximate surface area is 180 Å². The molecule has 0 atom stereocenters. The Kier molecular flexibility index (Phi) is 6.21. The first-order valence-corrected chi connectivity index (χ1v) is 10.9. The van der Waals surface area contributed by atoms with Gasteiger partial charge >= 0.3 is 0 Å². The molecule has 6 nitrogen and oxygen atoms in total. The molecule has 0 aliphatic carbocycles. The zero-order valence-corrected chi connectivity index (χ0v) is 17.7. The maximum absolute atomic E-state index is 13.2. The average molecular weight is 421 g/mol. The van der Waals surface area contributed by atoms with Crippen LogP contribution in [0, 0.1) is 6.92 Å². The molecule has 0 saturated carbocycles. The first kappa shape index (κ1) is 20.3. The topological polar surface area (TPSA) is 65.5 Å². The summed E-state index contributed by atoms with van der Waals surface area (Å²) in [5, 5.41) is 6.06. The molecular formula is C23H24N4O2S. The first-order valence-electron chi connectivity index (χ1n) is 9.98. The van der Waals surface area contributed by atoms with Crippen LogP contribution in [0.2, 0.25) is 0 Å². The molecule has 0 radical (unpaired) electrons. The van der Waals surface area contributed by atoms with Gasteiger partial charge in [-0.3, -0.25) is 14.5 Å². The van der Waals surface area contributed by atoms with E-state index in [1.165, 1.54) is 0 Å². The lowest BCUT2D eigenvalue weighted by Crippen LogP contribution is -2.48. The lowest BCUT2D eigenvalue weighted by atomic mass is 10.1. The number of amides is 2. The SMILES string of the molecule is Cc1nc(CN2CCN(C(=O)c3ccccc3NC(=O)c3ccccc3)CC2)cs1. The van der Waals surface area contributed by atoms with Crippen molar-refractivity contribution in [3.63, 3.8) is 0 Å². The van der Waals surface area contributed by atoms with Crippen LogP contribution < -0.4 is 5.32 Å². The maximum Gasteiger partial charge on any atom is 0.256 e. The smallest absolute Gasteiger partial charge is 0.256 e. The zero-order chi connectivity index (χ0) is 20.9. The van der Waals surface area contributed by atoms with Gasteiger partial charge in [0.2, 0.25) is 0 Å². The Morgan fingerprint density at radius 3 is 2.40 bits per heavy atom. The molecule has 4 rings (SSSR count). The lowest BCUT2D eigenvalue weighted by molar-refractivity contribution is 0.0628. The van der Waals surface area contributed by atoms with Crippen molar-refractivity contribution in [3.05, 3.63) is 81.8 Å². The van der Waals surface area contributed by atoms with Crippen molar-refractivity contribution < 1.29 is 9.59 Å². The number of benzene rings is 2. The molecule has 154 valence electrons. The third-order valence-electron chi connectivity index (χ3n) is 5.15. The molecule has 1 aliphatic heterocycles. The van der Waals surface area contributed by atoms with Gasteiger partial charge in [0.1, 0.15) is 0 Å². The molecule has 0 bridgehead atoms. The Hall–Kier alpha value is -3.03. The lowest BCUT2D eigenvalue weighted by Gasteiger charge is -2.34. The predicted octanol–water partition coefficient (Wildman–Crippen LogP) is 3.66. The molecule has 1 fully saturated rings. The second kappa shape index (κ2) is 9.19. The molecule has 2 amide bonds. The van der Waals surface area contributed by atoms with E-state index in [-0.39, 0.29) is 11.8 Å². The predicted molar refractivity (Wildman–Crippen MR) is 119 cm³/mol. The molecule has 1 aromatic heterocycles. The normalized spacial score (nSPS) is 14.5. The summed E-state index contributed by atoms with van der Waals surface area (Å²) in [6, 6.07) is 16.2. The van der Waals surface area contributed by atoms with Gasteiger partial charge in [-0.1, -0.05) is 30.3 Å². The molecule has 2 heterocycles. The van der Waals surface area contributed by atoms with Gasteiger partial charge in [0.15, 0.2) is 0 Å². The van der Waals surface area contributed by atoms with Crippen LogP contribution in [-0.4, -0.2) is 52.8 Å². The number of carbonyl (C=O) groups excluding carboxylic acids is 2. The van der Waals surface area contributed by atoms with Crippen LogP contribution >= 0.6 is 11.3 Å². The Bertz CT molecular complexity index is 1030. The average Bonchev–Trinajstić information content (AvgIpc) is 3.19. The summed E-state index contributed by atoms with van der Waals surface area (Å²) >= 11 is 1.66. The fraction of sp³-hybridized carbons (Fsp3) is 0.261. The minimum atomic E-state index is -0.223. The highest BCUT2D eigenvalue weighted by atomic mass is 32.1. The number of nitrogens with one attached hydrogen (secondary N) is 1. The highest BCUT2D eigenvalue weighted by Crippen LogP contribution is 2.20. The maximum atomic E-state index is 13.2. The molecular weight excluding hydrogens is 396 g/mol. The van der Waals surface area contributed by atoms with Gasteiger partial charge in [-0.05, 0) is 31.2 Å². The van der Waals surface area contributed by atoms with Crippen molar-refractivity contribution in [2.75, 3.05) is 31.5 Å². The zero-order valence-electron chi connectivity index (χ0n) is 16.9. The second-order valence-corrected chi connectivity index (χ2v) is 8.35. The van der Waals surface area contributed by atoms with Crippen LogP contribution in [0.4, 0.5) is 5.69 Å². The van der Waals surface area contributed by atoms with E-state index >= 15 is 0 Å². The van der Waals surface area contributed by atoms with Crippen molar-refractivity contribution in [2.45, 2.75) is 13.5 Å². The molecule has 3 aromatic rings. The van der Waals surface area contributed by atoms with E-state index in [1.807, 2.05) is 42.2 Å². The highest BCUT2D eigenvalue weighted by Gasteiger charge is 2.24. The van der Waals surface area contributed by atoms with Crippen molar-refractivity contribution in [2.24, 2.45) is 0 Å². The van der Waals surface area contributed by atoms with Crippen LogP contribution in [-0.2, 0) is 6.54 Å². The van der Waals surface area contributed by atoms with Gasteiger partial charge in [0.05, 0.1) is 22.0 Å². The number of piperazine rings is 1. The van der Waals surface area contributed by atoms with Crippen LogP contribution in [0.15, 0.2) is 60.0 Å². The summed E-state index contributed by atoms with van der Waals surface area (Å²) in [7, 11) is 0. The van der Waals surface area contributed by atoms with Crippen molar-refractivity contribution >= 4 is 28.8 Å². The summed E-state index contributed by atoms with van der Waals surface area (Å²) < 4.78 is 0. The number of anilines is 1. The first-order chi connectivity index (χ1) is 14.6. The highest BCUT2D eigenvalue weighted by molar-refractivity contribution is 7.09. The minimum Gasteiger partial charge on any atom is -0.336 e. The number of rotatable bonds is 5. The van der Waals surface area contributed by atoms with Crippen LogP contribution in [0.5, 0.6) is 0 Å². The van der Waals surface area contributed by atoms with Gasteiger partial charge in [-0.25, -0.2) is 4.98 Å². The molecule has 1 N–H and O–H groups in total. The molecule has 7 heteroatoms. The third kappa shape index (κ3) is 4.75. The minimum absolute atomic E-state index is 0.0527. The number of carbonyl (C=O) groups is 2. The molecule has 1 saturated heterocycles. The quantitative estimate of drug-likeness (QED) is 0.684. The number of aromatic nitrogens is 1. The van der Waals surface area contributed by atoms with Crippen molar-refractivity contribution in [1.29, 1.82) is 0 Å². The number of thiazole rings is 1. The van der Waals surface area contributed by atoms with Gasteiger partial charge in [-0.2, -0.15) is 0 Å². The molecule has 30 heavy (non-hydrogen) atoms. The largest absolute Gasteiger partial charge is 0.336 e. The Morgan fingerprint density at radius 1 is 1.00 bits per heavy atom. The second-order valence-electron chi connectivity index (χ2n) is 7.29. The number of para-hydroxylation sites is 1. The van der Waals surface area contributed by atoms with Crippen LogP contribution in [0.25, 0.3) is 0 Å².